The summed E-state index contributed by atoms with van der Waals surface area (Å²) >= 11 is 0. The van der Waals surface area contributed by atoms with Gasteiger partial charge in [0.2, 0.25) is 0 Å². The molecule has 2 nitrogen and oxygen atoms in total. The van der Waals surface area contributed by atoms with Gasteiger partial charge in [-0.25, -0.2) is 0 Å². The maximum absolute atomic E-state index is 4.31. The molecule has 0 saturated heterocycles. The molecule has 1 aromatic rings. The largest absolute Gasteiger partial charge is 0.269 e. The number of hydrogen-bond donors (Lipinski definition) is 0. The summed E-state index contributed by atoms with van der Waals surface area (Å²) in [6.45, 7) is 2.34. The van der Waals surface area contributed by atoms with Gasteiger partial charge in [0.05, 0.1) is 6.04 Å². The van der Waals surface area contributed by atoms with Crippen LogP contribution in [0.3, 0.4) is 0 Å². The Bertz CT molecular complexity index is 228. The molecule has 1 aromatic heterocycles. The third kappa shape index (κ3) is 1.38. The Morgan fingerprint density at radius 2 is 2.17 bits per heavy atom. The molecule has 1 aliphatic carbocycles. The van der Waals surface area contributed by atoms with Crippen LogP contribution in [-0.2, 0) is 0 Å². The minimum atomic E-state index is 0.661. The summed E-state index contributed by atoms with van der Waals surface area (Å²) in [6.07, 6.45) is 9.41. The van der Waals surface area contributed by atoms with Crippen molar-refractivity contribution in [2.45, 2.75) is 38.6 Å². The Kier molecular flexibility index (Phi) is 2.15. The first-order valence-corrected chi connectivity index (χ1v) is 4.87. The highest BCUT2D eigenvalue weighted by Gasteiger charge is 2.22. The van der Waals surface area contributed by atoms with Gasteiger partial charge in [0.15, 0.2) is 0 Å². The minimum absolute atomic E-state index is 0.661. The van der Waals surface area contributed by atoms with Crippen molar-refractivity contribution in [3.05, 3.63) is 18.5 Å². The molecule has 2 unspecified atom stereocenters. The van der Waals surface area contributed by atoms with Gasteiger partial charge in [-0.15, -0.1) is 0 Å². The summed E-state index contributed by atoms with van der Waals surface area (Å²) < 4.78 is 2.13. The fourth-order valence-corrected chi connectivity index (χ4v) is 2.17. The maximum atomic E-state index is 4.31. The first-order valence-electron chi connectivity index (χ1n) is 4.87. The van der Waals surface area contributed by atoms with Crippen LogP contribution < -0.4 is 0 Å². The lowest BCUT2D eigenvalue weighted by molar-refractivity contribution is 0.240. The van der Waals surface area contributed by atoms with Gasteiger partial charge < -0.3 is 0 Å². The molecule has 2 atom stereocenters. The number of hydrogen-bond acceptors (Lipinski definition) is 1. The monoisotopic (exact) mass is 164 g/mol. The molecule has 1 heterocycles. The van der Waals surface area contributed by atoms with Gasteiger partial charge >= 0.3 is 0 Å². The van der Waals surface area contributed by atoms with Crippen LogP contribution in [0.1, 0.15) is 38.6 Å². The Morgan fingerprint density at radius 3 is 2.83 bits per heavy atom. The Morgan fingerprint density at radius 1 is 1.33 bits per heavy atom. The van der Waals surface area contributed by atoms with Crippen LogP contribution in [0.4, 0.5) is 0 Å². The fourth-order valence-electron chi connectivity index (χ4n) is 2.17. The average molecular weight is 164 g/mol. The van der Waals surface area contributed by atoms with Crippen molar-refractivity contribution in [1.82, 2.24) is 9.78 Å². The molecular formula is C10H16N2. The van der Waals surface area contributed by atoms with E-state index in [1.54, 1.807) is 0 Å². The van der Waals surface area contributed by atoms with Crippen LogP contribution >= 0.6 is 0 Å². The zero-order chi connectivity index (χ0) is 8.39. The van der Waals surface area contributed by atoms with Crippen molar-refractivity contribution in [1.29, 1.82) is 0 Å². The standard InChI is InChI=1S/C10H16N2/c1-9-5-2-3-6-10(9)12-8-4-7-11-12/h4,7-10H,2-3,5-6H2,1H3. The first kappa shape index (κ1) is 7.84. The summed E-state index contributed by atoms with van der Waals surface area (Å²) in [7, 11) is 0. The lowest BCUT2D eigenvalue weighted by Crippen LogP contribution is -2.21. The summed E-state index contributed by atoms with van der Waals surface area (Å²) in [6, 6.07) is 2.68. The number of aromatic nitrogens is 2. The van der Waals surface area contributed by atoms with Gasteiger partial charge in [0, 0.05) is 12.4 Å². The second kappa shape index (κ2) is 3.30. The molecule has 0 aliphatic heterocycles. The zero-order valence-electron chi connectivity index (χ0n) is 7.61. The van der Waals surface area contributed by atoms with Gasteiger partial charge in [-0.1, -0.05) is 19.8 Å². The fraction of sp³-hybridized carbons (Fsp3) is 0.700. The first-order chi connectivity index (χ1) is 5.88. The number of nitrogens with zero attached hydrogens (tertiary/aromatic N) is 2. The van der Waals surface area contributed by atoms with E-state index >= 15 is 0 Å². The van der Waals surface area contributed by atoms with Crippen molar-refractivity contribution in [2.24, 2.45) is 5.92 Å². The predicted octanol–water partition coefficient (Wildman–Crippen LogP) is 2.63. The van der Waals surface area contributed by atoms with Crippen molar-refractivity contribution in [2.75, 3.05) is 0 Å². The van der Waals surface area contributed by atoms with E-state index in [9.17, 15) is 0 Å². The van der Waals surface area contributed by atoms with Crippen LogP contribution in [0.25, 0.3) is 0 Å². The molecule has 0 radical (unpaired) electrons. The lowest BCUT2D eigenvalue weighted by atomic mass is 9.86. The highest BCUT2D eigenvalue weighted by molar-refractivity contribution is 4.85. The second-order valence-corrected chi connectivity index (χ2v) is 3.82. The third-order valence-electron chi connectivity index (χ3n) is 2.93. The van der Waals surface area contributed by atoms with Crippen molar-refractivity contribution < 1.29 is 0 Å². The van der Waals surface area contributed by atoms with Crippen molar-refractivity contribution in [3.63, 3.8) is 0 Å². The normalized spacial score (nSPS) is 30.4. The van der Waals surface area contributed by atoms with Crippen molar-refractivity contribution in [3.8, 4) is 0 Å². The summed E-state index contributed by atoms with van der Waals surface area (Å²) in [4.78, 5) is 0. The molecule has 1 fully saturated rings. The average Bonchev–Trinajstić information content (AvgIpc) is 2.57. The van der Waals surface area contributed by atoms with Crippen LogP contribution in [0.15, 0.2) is 18.5 Å². The zero-order valence-corrected chi connectivity index (χ0v) is 7.61. The molecule has 2 rings (SSSR count). The Labute approximate surface area is 73.6 Å². The predicted molar refractivity (Wildman–Crippen MR) is 48.9 cm³/mol. The molecule has 1 saturated carbocycles. The lowest BCUT2D eigenvalue weighted by Gasteiger charge is -2.28. The molecule has 0 aromatic carbocycles. The van der Waals surface area contributed by atoms with E-state index in [1.165, 1.54) is 25.7 Å². The van der Waals surface area contributed by atoms with E-state index in [1.807, 2.05) is 12.3 Å². The molecule has 0 bridgehead atoms. The summed E-state index contributed by atoms with van der Waals surface area (Å²) in [5.41, 5.74) is 0. The minimum Gasteiger partial charge on any atom is -0.269 e. The van der Waals surface area contributed by atoms with Crippen molar-refractivity contribution >= 4 is 0 Å². The van der Waals surface area contributed by atoms with E-state index < -0.39 is 0 Å². The van der Waals surface area contributed by atoms with Gasteiger partial charge in [-0.2, -0.15) is 5.10 Å². The maximum Gasteiger partial charge on any atom is 0.0544 e. The smallest absolute Gasteiger partial charge is 0.0544 e. The number of rotatable bonds is 1. The molecule has 0 N–H and O–H groups in total. The second-order valence-electron chi connectivity index (χ2n) is 3.82. The summed E-state index contributed by atoms with van der Waals surface area (Å²) in [5, 5.41) is 4.31. The molecule has 1 aliphatic rings. The molecule has 0 amide bonds. The SMILES string of the molecule is CC1CCCCC1n1cccn1. The topological polar surface area (TPSA) is 17.8 Å². The molecule has 0 spiro atoms. The van der Waals surface area contributed by atoms with Gasteiger partial charge in [-0.3, -0.25) is 4.68 Å². The molecular weight excluding hydrogens is 148 g/mol. The van der Waals surface area contributed by atoms with Crippen LogP contribution in [-0.4, -0.2) is 9.78 Å². The van der Waals surface area contributed by atoms with E-state index in [4.69, 9.17) is 0 Å². The third-order valence-corrected chi connectivity index (χ3v) is 2.93. The van der Waals surface area contributed by atoms with Crippen LogP contribution in [0.5, 0.6) is 0 Å². The van der Waals surface area contributed by atoms with Gasteiger partial charge in [-0.05, 0) is 24.8 Å². The van der Waals surface area contributed by atoms with E-state index in [0.717, 1.165) is 5.92 Å². The summed E-state index contributed by atoms with van der Waals surface area (Å²) in [5.74, 6) is 0.804. The van der Waals surface area contributed by atoms with Gasteiger partial charge in [0.1, 0.15) is 0 Å². The highest BCUT2D eigenvalue weighted by Crippen LogP contribution is 2.32. The highest BCUT2D eigenvalue weighted by atomic mass is 15.3. The Hall–Kier alpha value is -0.790. The quantitative estimate of drug-likeness (QED) is 0.624. The Balaban J connectivity index is 2.11. The molecule has 12 heavy (non-hydrogen) atoms. The van der Waals surface area contributed by atoms with E-state index in [-0.39, 0.29) is 0 Å². The van der Waals surface area contributed by atoms with E-state index in [0.29, 0.717) is 6.04 Å². The molecule has 2 heteroatoms. The van der Waals surface area contributed by atoms with E-state index in [2.05, 4.69) is 22.9 Å². The molecule has 66 valence electrons. The van der Waals surface area contributed by atoms with Crippen LogP contribution in [0.2, 0.25) is 0 Å². The van der Waals surface area contributed by atoms with Gasteiger partial charge in [0.25, 0.3) is 0 Å². The van der Waals surface area contributed by atoms with Crippen LogP contribution in [0, 0.1) is 5.92 Å².